The molecule has 0 aromatic heterocycles. The third-order valence-electron chi connectivity index (χ3n) is 3.55. The Kier molecular flexibility index (Phi) is 7.43. The van der Waals surface area contributed by atoms with Gasteiger partial charge in [0.1, 0.15) is 0 Å². The van der Waals surface area contributed by atoms with Gasteiger partial charge in [-0.1, -0.05) is 32.9 Å². The number of amides is 1. The van der Waals surface area contributed by atoms with Crippen LogP contribution in [0.4, 0.5) is 0 Å². The monoisotopic (exact) mass is 323 g/mol. The van der Waals surface area contributed by atoms with Crippen LogP contribution in [0.15, 0.2) is 23.1 Å². The number of hydrogen-bond donors (Lipinski definition) is 1. The molecular weight excluding hydrogens is 294 g/mol. The van der Waals surface area contributed by atoms with Gasteiger partial charge in [-0.15, -0.1) is 11.8 Å². The molecule has 0 aliphatic rings. The van der Waals surface area contributed by atoms with Gasteiger partial charge in [-0.2, -0.15) is 0 Å². The molecule has 0 radical (unpaired) electrons. The molecule has 0 saturated carbocycles. The quantitative estimate of drug-likeness (QED) is 0.610. The fraction of sp³-hybridized carbons (Fsp3) is 0.611. The average molecular weight is 324 g/mol. The third kappa shape index (κ3) is 6.01. The Morgan fingerprint density at radius 3 is 2.64 bits per heavy atom. The summed E-state index contributed by atoms with van der Waals surface area (Å²) in [6.45, 7) is 12.0. The number of hydrogen-bond acceptors (Lipinski definition) is 3. The van der Waals surface area contributed by atoms with Gasteiger partial charge in [-0.3, -0.25) is 4.79 Å². The second-order valence-corrected chi connectivity index (χ2v) is 8.01. The molecule has 1 aromatic carbocycles. The molecule has 4 heteroatoms. The summed E-state index contributed by atoms with van der Waals surface area (Å²) < 4.78 is 4.98. The van der Waals surface area contributed by atoms with Crippen LogP contribution in [0.5, 0.6) is 0 Å². The molecule has 0 fully saturated rings. The van der Waals surface area contributed by atoms with Crippen LogP contribution in [0.1, 0.15) is 45.2 Å². The lowest BCUT2D eigenvalue weighted by molar-refractivity contribution is -0.120. The topological polar surface area (TPSA) is 38.3 Å². The fourth-order valence-corrected chi connectivity index (χ4v) is 3.03. The first kappa shape index (κ1) is 19.0. The highest BCUT2D eigenvalue weighted by Crippen LogP contribution is 2.31. The van der Waals surface area contributed by atoms with Crippen molar-refractivity contribution in [3.8, 4) is 0 Å². The van der Waals surface area contributed by atoms with Crippen LogP contribution in [-0.2, 0) is 14.9 Å². The van der Waals surface area contributed by atoms with Crippen LogP contribution in [0.25, 0.3) is 0 Å². The number of ether oxygens (including phenoxy) is 1. The number of carbonyl (C=O) groups excluding carboxylic acids is 1. The Morgan fingerprint density at radius 1 is 1.36 bits per heavy atom. The van der Waals surface area contributed by atoms with Gasteiger partial charge in [0.25, 0.3) is 0 Å². The highest BCUT2D eigenvalue weighted by Gasteiger charge is 2.18. The van der Waals surface area contributed by atoms with Gasteiger partial charge in [-0.05, 0) is 42.9 Å². The number of aryl methyl sites for hydroxylation is 1. The molecule has 0 saturated heterocycles. The van der Waals surface area contributed by atoms with Gasteiger partial charge < -0.3 is 10.1 Å². The first-order valence-electron chi connectivity index (χ1n) is 7.80. The molecule has 1 unspecified atom stereocenters. The fourth-order valence-electron chi connectivity index (χ4n) is 2.01. The molecule has 1 rings (SSSR count). The van der Waals surface area contributed by atoms with E-state index in [0.29, 0.717) is 13.2 Å². The minimum Gasteiger partial charge on any atom is -0.385 e. The maximum Gasteiger partial charge on any atom is 0.233 e. The Bertz CT molecular complexity index is 494. The van der Waals surface area contributed by atoms with Gasteiger partial charge in [0, 0.05) is 25.2 Å². The van der Waals surface area contributed by atoms with Crippen molar-refractivity contribution >= 4 is 17.7 Å². The van der Waals surface area contributed by atoms with Crippen molar-refractivity contribution in [2.24, 2.45) is 0 Å². The lowest BCUT2D eigenvalue weighted by Crippen LogP contribution is -2.32. The van der Waals surface area contributed by atoms with Crippen molar-refractivity contribution in [1.82, 2.24) is 5.32 Å². The van der Waals surface area contributed by atoms with Crippen molar-refractivity contribution in [3.63, 3.8) is 0 Å². The molecule has 0 aliphatic heterocycles. The smallest absolute Gasteiger partial charge is 0.233 e. The maximum absolute atomic E-state index is 12.1. The largest absolute Gasteiger partial charge is 0.385 e. The highest BCUT2D eigenvalue weighted by molar-refractivity contribution is 8.00. The van der Waals surface area contributed by atoms with Gasteiger partial charge in [0.05, 0.1) is 5.25 Å². The molecule has 0 aliphatic carbocycles. The van der Waals surface area contributed by atoms with E-state index in [1.807, 2.05) is 6.92 Å². The van der Waals surface area contributed by atoms with E-state index in [9.17, 15) is 4.79 Å². The minimum absolute atomic E-state index is 0.0849. The first-order chi connectivity index (χ1) is 10.3. The Balaban J connectivity index is 2.67. The summed E-state index contributed by atoms with van der Waals surface area (Å²) in [4.78, 5) is 13.3. The zero-order valence-electron chi connectivity index (χ0n) is 14.7. The molecule has 1 aromatic rings. The summed E-state index contributed by atoms with van der Waals surface area (Å²) >= 11 is 1.63. The van der Waals surface area contributed by atoms with Gasteiger partial charge in [0.2, 0.25) is 5.91 Å². The number of rotatable bonds is 7. The zero-order chi connectivity index (χ0) is 16.8. The van der Waals surface area contributed by atoms with Crippen LogP contribution in [-0.4, -0.2) is 31.4 Å². The standard InChI is InChI=1S/C18H29NO2S/c1-13-8-9-15(18(3,4)5)12-16(13)22-14(2)17(20)19-10-7-11-21-6/h8-9,12,14H,7,10-11H2,1-6H3,(H,19,20). The van der Waals surface area contributed by atoms with E-state index < -0.39 is 0 Å². The molecular formula is C18H29NO2S. The van der Waals surface area contributed by atoms with E-state index in [0.717, 1.165) is 6.42 Å². The van der Waals surface area contributed by atoms with Crippen LogP contribution < -0.4 is 5.32 Å². The van der Waals surface area contributed by atoms with Crippen molar-refractivity contribution in [2.45, 2.75) is 56.6 Å². The van der Waals surface area contributed by atoms with E-state index >= 15 is 0 Å². The molecule has 3 nitrogen and oxygen atoms in total. The van der Waals surface area contributed by atoms with E-state index in [1.54, 1.807) is 18.9 Å². The number of benzene rings is 1. The SMILES string of the molecule is COCCCNC(=O)C(C)Sc1cc(C(C)(C)C)ccc1C. The van der Waals surface area contributed by atoms with Gasteiger partial charge in [0.15, 0.2) is 0 Å². The second kappa shape index (κ2) is 8.59. The molecule has 1 amide bonds. The van der Waals surface area contributed by atoms with E-state index in [-0.39, 0.29) is 16.6 Å². The number of carbonyl (C=O) groups is 1. The normalized spacial score (nSPS) is 13.0. The van der Waals surface area contributed by atoms with Crippen molar-refractivity contribution in [2.75, 3.05) is 20.3 Å². The molecule has 0 spiro atoms. The number of thioether (sulfide) groups is 1. The Morgan fingerprint density at radius 2 is 2.05 bits per heavy atom. The molecule has 1 N–H and O–H groups in total. The molecule has 0 bridgehead atoms. The first-order valence-corrected chi connectivity index (χ1v) is 8.68. The third-order valence-corrected chi connectivity index (χ3v) is 4.81. The summed E-state index contributed by atoms with van der Waals surface area (Å²) in [5.74, 6) is 0.0849. The van der Waals surface area contributed by atoms with Crippen molar-refractivity contribution in [1.29, 1.82) is 0 Å². The average Bonchev–Trinajstić information content (AvgIpc) is 2.44. The number of nitrogens with one attached hydrogen (secondary N) is 1. The molecule has 124 valence electrons. The van der Waals surface area contributed by atoms with Crippen LogP contribution >= 0.6 is 11.8 Å². The van der Waals surface area contributed by atoms with Gasteiger partial charge in [-0.25, -0.2) is 0 Å². The number of methoxy groups -OCH3 is 1. The summed E-state index contributed by atoms with van der Waals surface area (Å²) in [7, 11) is 1.67. The highest BCUT2D eigenvalue weighted by atomic mass is 32.2. The lowest BCUT2D eigenvalue weighted by Gasteiger charge is -2.21. The molecule has 22 heavy (non-hydrogen) atoms. The summed E-state index contributed by atoms with van der Waals surface area (Å²) in [5, 5.41) is 2.86. The van der Waals surface area contributed by atoms with Crippen LogP contribution in [0.2, 0.25) is 0 Å². The molecule has 0 heterocycles. The van der Waals surface area contributed by atoms with Crippen LogP contribution in [0, 0.1) is 6.92 Å². The van der Waals surface area contributed by atoms with E-state index in [4.69, 9.17) is 4.74 Å². The van der Waals surface area contributed by atoms with Crippen molar-refractivity contribution < 1.29 is 9.53 Å². The van der Waals surface area contributed by atoms with Crippen LogP contribution in [0.3, 0.4) is 0 Å². The Hall–Kier alpha value is -1.00. The summed E-state index contributed by atoms with van der Waals surface area (Å²) in [6.07, 6.45) is 0.845. The summed E-state index contributed by atoms with van der Waals surface area (Å²) in [6, 6.07) is 6.54. The molecule has 1 atom stereocenters. The zero-order valence-corrected chi connectivity index (χ0v) is 15.5. The predicted molar refractivity (Wildman–Crippen MR) is 94.7 cm³/mol. The second-order valence-electron chi connectivity index (χ2n) is 6.63. The van der Waals surface area contributed by atoms with Crippen molar-refractivity contribution in [3.05, 3.63) is 29.3 Å². The summed E-state index contributed by atoms with van der Waals surface area (Å²) in [5.41, 5.74) is 2.64. The predicted octanol–water partition coefficient (Wildman–Crippen LogP) is 3.93. The van der Waals surface area contributed by atoms with E-state index in [2.05, 4.69) is 51.2 Å². The van der Waals surface area contributed by atoms with Gasteiger partial charge >= 0.3 is 0 Å². The Labute approximate surface area is 139 Å². The lowest BCUT2D eigenvalue weighted by atomic mass is 9.87. The van der Waals surface area contributed by atoms with E-state index in [1.165, 1.54) is 16.0 Å². The maximum atomic E-state index is 12.1. The minimum atomic E-state index is -0.100.